The zero-order chi connectivity index (χ0) is 7.11. The van der Waals surface area contributed by atoms with E-state index < -0.39 is 0 Å². The normalized spacial score (nSPS) is 13.0. The largest absolute Gasteiger partial charge is 0.0845 e. The highest BCUT2D eigenvalue weighted by Crippen LogP contribution is 2.01. The highest BCUT2D eigenvalue weighted by atomic mass is 13.9. The van der Waals surface area contributed by atoms with Crippen LogP contribution in [0.4, 0.5) is 0 Å². The molecule has 0 aliphatic rings. The number of hydrogen-bond acceptors (Lipinski definition) is 0. The van der Waals surface area contributed by atoms with E-state index in [0.29, 0.717) is 0 Å². The van der Waals surface area contributed by atoms with Crippen molar-refractivity contribution >= 4 is 0 Å². The Morgan fingerprint density at radius 2 is 2.00 bits per heavy atom. The molecule has 0 aromatic rings. The molecule has 0 saturated heterocycles. The van der Waals surface area contributed by atoms with Crippen LogP contribution in [-0.4, -0.2) is 0 Å². The first-order chi connectivity index (χ1) is 4.35. The van der Waals surface area contributed by atoms with Crippen LogP contribution in [0.25, 0.3) is 0 Å². The van der Waals surface area contributed by atoms with Crippen molar-refractivity contribution in [2.45, 2.75) is 33.6 Å². The Bertz CT molecular complexity index is 107. The van der Waals surface area contributed by atoms with E-state index in [9.17, 15) is 0 Å². The Labute approximate surface area is 58.3 Å². The molecule has 0 aliphatic carbocycles. The first-order valence-electron chi connectivity index (χ1n) is 3.66. The lowest BCUT2D eigenvalue weighted by atomic mass is 10.2. The number of hydrogen-bond donors (Lipinski definition) is 0. The zero-order valence-electron chi connectivity index (χ0n) is 6.65. The standard InChI is InChI=1S/C9H16/c1-4-7-8-9(5-2)6-3/h5,7-8H,4,6H2,1-3H3/b8-7-,9-5-. The molecule has 0 heteroatoms. The molecule has 0 aliphatic heterocycles. The van der Waals surface area contributed by atoms with E-state index in [-0.39, 0.29) is 0 Å². The SMILES string of the molecule is C/C=C(\C=C/CC)CC. The lowest BCUT2D eigenvalue weighted by Gasteiger charge is -1.91. The van der Waals surface area contributed by atoms with Crippen LogP contribution in [0.3, 0.4) is 0 Å². The molecule has 0 saturated carbocycles. The van der Waals surface area contributed by atoms with Gasteiger partial charge in [-0.25, -0.2) is 0 Å². The van der Waals surface area contributed by atoms with Crippen molar-refractivity contribution in [3.63, 3.8) is 0 Å². The van der Waals surface area contributed by atoms with Crippen LogP contribution in [0.2, 0.25) is 0 Å². The molecule has 9 heavy (non-hydrogen) atoms. The molecule has 0 amide bonds. The molecule has 0 fully saturated rings. The van der Waals surface area contributed by atoms with Crippen LogP contribution in [0, 0.1) is 0 Å². The van der Waals surface area contributed by atoms with Crippen molar-refractivity contribution in [2.24, 2.45) is 0 Å². The van der Waals surface area contributed by atoms with Gasteiger partial charge in [0.05, 0.1) is 0 Å². The van der Waals surface area contributed by atoms with E-state index in [4.69, 9.17) is 0 Å². The molecular weight excluding hydrogens is 108 g/mol. The Morgan fingerprint density at radius 1 is 1.33 bits per heavy atom. The van der Waals surface area contributed by atoms with Crippen molar-refractivity contribution in [2.75, 3.05) is 0 Å². The van der Waals surface area contributed by atoms with E-state index in [1.807, 2.05) is 0 Å². The Hall–Kier alpha value is -0.520. The van der Waals surface area contributed by atoms with Crippen LogP contribution >= 0.6 is 0 Å². The lowest BCUT2D eigenvalue weighted by Crippen LogP contribution is -1.70. The maximum atomic E-state index is 2.19. The van der Waals surface area contributed by atoms with Gasteiger partial charge >= 0.3 is 0 Å². The van der Waals surface area contributed by atoms with E-state index in [1.165, 1.54) is 5.57 Å². The fraction of sp³-hybridized carbons (Fsp3) is 0.556. The Morgan fingerprint density at radius 3 is 2.33 bits per heavy atom. The van der Waals surface area contributed by atoms with Crippen LogP contribution in [0.1, 0.15) is 33.6 Å². The average molecular weight is 124 g/mol. The smallest absolute Gasteiger partial charge is 0.0311 e. The van der Waals surface area contributed by atoms with Crippen molar-refractivity contribution in [3.05, 3.63) is 23.8 Å². The van der Waals surface area contributed by atoms with Gasteiger partial charge < -0.3 is 0 Å². The summed E-state index contributed by atoms with van der Waals surface area (Å²) in [6.45, 7) is 6.41. The summed E-state index contributed by atoms with van der Waals surface area (Å²) >= 11 is 0. The summed E-state index contributed by atoms with van der Waals surface area (Å²) in [5.41, 5.74) is 1.43. The molecule has 0 nitrogen and oxygen atoms in total. The molecule has 0 rings (SSSR count). The second-order valence-electron chi connectivity index (χ2n) is 2.03. The molecule has 52 valence electrons. The molecular formula is C9H16. The van der Waals surface area contributed by atoms with Gasteiger partial charge in [-0.05, 0) is 19.8 Å². The van der Waals surface area contributed by atoms with Gasteiger partial charge in [-0.2, -0.15) is 0 Å². The molecule has 0 N–H and O–H groups in total. The number of rotatable bonds is 3. The minimum Gasteiger partial charge on any atom is -0.0845 e. The van der Waals surface area contributed by atoms with Gasteiger partial charge in [-0.3, -0.25) is 0 Å². The van der Waals surface area contributed by atoms with E-state index in [1.54, 1.807) is 0 Å². The molecule has 0 atom stereocenters. The minimum absolute atomic E-state index is 1.14. The molecule has 0 aromatic carbocycles. The monoisotopic (exact) mass is 124 g/mol. The van der Waals surface area contributed by atoms with Crippen molar-refractivity contribution in [1.82, 2.24) is 0 Å². The van der Waals surface area contributed by atoms with Crippen LogP contribution in [-0.2, 0) is 0 Å². The predicted octanol–water partition coefficient (Wildman–Crippen LogP) is 3.31. The summed E-state index contributed by atoms with van der Waals surface area (Å²) in [5, 5.41) is 0. The summed E-state index contributed by atoms with van der Waals surface area (Å²) in [4.78, 5) is 0. The second kappa shape index (κ2) is 5.61. The van der Waals surface area contributed by atoms with Gasteiger partial charge in [0, 0.05) is 0 Å². The van der Waals surface area contributed by atoms with Gasteiger partial charge in [-0.1, -0.05) is 37.6 Å². The van der Waals surface area contributed by atoms with Gasteiger partial charge in [0.1, 0.15) is 0 Å². The lowest BCUT2D eigenvalue weighted by molar-refractivity contribution is 1.13. The molecule has 0 unspecified atom stereocenters. The van der Waals surface area contributed by atoms with E-state index in [2.05, 4.69) is 39.0 Å². The fourth-order valence-electron chi connectivity index (χ4n) is 0.687. The van der Waals surface area contributed by atoms with Gasteiger partial charge in [0.25, 0.3) is 0 Å². The van der Waals surface area contributed by atoms with Gasteiger partial charge in [0.15, 0.2) is 0 Å². The zero-order valence-corrected chi connectivity index (χ0v) is 6.65. The molecule has 0 spiro atoms. The highest BCUT2D eigenvalue weighted by Gasteiger charge is 1.80. The van der Waals surface area contributed by atoms with Crippen LogP contribution in [0.5, 0.6) is 0 Å². The highest BCUT2D eigenvalue weighted by molar-refractivity contribution is 5.16. The summed E-state index contributed by atoms with van der Waals surface area (Å²) < 4.78 is 0. The first kappa shape index (κ1) is 8.48. The minimum atomic E-state index is 1.14. The molecule has 0 bridgehead atoms. The van der Waals surface area contributed by atoms with Crippen LogP contribution < -0.4 is 0 Å². The summed E-state index contributed by atoms with van der Waals surface area (Å²) in [5.74, 6) is 0. The second-order valence-corrected chi connectivity index (χ2v) is 2.03. The molecule has 0 radical (unpaired) electrons. The van der Waals surface area contributed by atoms with Gasteiger partial charge in [0.2, 0.25) is 0 Å². The van der Waals surface area contributed by atoms with Gasteiger partial charge in [-0.15, -0.1) is 0 Å². The number of allylic oxidation sites excluding steroid dienone is 4. The van der Waals surface area contributed by atoms with Crippen LogP contribution in [0.15, 0.2) is 23.8 Å². The van der Waals surface area contributed by atoms with Crippen molar-refractivity contribution in [3.8, 4) is 0 Å². The predicted molar refractivity (Wildman–Crippen MR) is 43.5 cm³/mol. The third-order valence-corrected chi connectivity index (χ3v) is 1.35. The average Bonchev–Trinajstić information content (AvgIpc) is 1.91. The maximum Gasteiger partial charge on any atom is -0.0311 e. The molecule has 0 heterocycles. The molecule has 0 aromatic heterocycles. The summed E-state index contributed by atoms with van der Waals surface area (Å²) in [7, 11) is 0. The third kappa shape index (κ3) is 4.01. The summed E-state index contributed by atoms with van der Waals surface area (Å²) in [6, 6.07) is 0. The van der Waals surface area contributed by atoms with Crippen molar-refractivity contribution < 1.29 is 0 Å². The topological polar surface area (TPSA) is 0 Å². The van der Waals surface area contributed by atoms with Crippen molar-refractivity contribution in [1.29, 1.82) is 0 Å². The fourth-order valence-corrected chi connectivity index (χ4v) is 0.687. The van der Waals surface area contributed by atoms with E-state index in [0.717, 1.165) is 12.8 Å². The quantitative estimate of drug-likeness (QED) is 0.506. The third-order valence-electron chi connectivity index (χ3n) is 1.35. The maximum absolute atomic E-state index is 2.19. The summed E-state index contributed by atoms with van der Waals surface area (Å²) in [6.07, 6.45) is 8.83. The first-order valence-corrected chi connectivity index (χ1v) is 3.66. The van der Waals surface area contributed by atoms with E-state index >= 15 is 0 Å². The Balaban J connectivity index is 3.70. The Kier molecular flexibility index (Phi) is 5.29.